The molecule has 0 radical (unpaired) electrons. The summed E-state index contributed by atoms with van der Waals surface area (Å²) in [5, 5.41) is 1.08. The lowest BCUT2D eigenvalue weighted by atomic mass is 10.2. The highest BCUT2D eigenvalue weighted by atomic mass is 79.9. The van der Waals surface area contributed by atoms with Crippen LogP contribution in [0.4, 0.5) is 11.6 Å². The van der Waals surface area contributed by atoms with Crippen LogP contribution in [0.25, 0.3) is 11.0 Å². The van der Waals surface area contributed by atoms with Crippen LogP contribution in [-0.4, -0.2) is 46.1 Å². The first-order valence-corrected chi connectivity index (χ1v) is 8.81. The van der Waals surface area contributed by atoms with Gasteiger partial charge in [-0.25, -0.2) is 15.0 Å². The molecule has 0 bridgehead atoms. The summed E-state index contributed by atoms with van der Waals surface area (Å²) >= 11 is 3.64. The van der Waals surface area contributed by atoms with Gasteiger partial charge in [-0.05, 0) is 47.0 Å². The number of anilines is 2. The smallest absolute Gasteiger partial charge is 0.142 e. The van der Waals surface area contributed by atoms with E-state index in [9.17, 15) is 0 Å². The molecule has 6 nitrogen and oxygen atoms in total. The first kappa shape index (κ1) is 15.4. The highest BCUT2D eigenvalue weighted by molar-refractivity contribution is 9.10. The second-order valence-electron chi connectivity index (χ2n) is 6.25. The van der Waals surface area contributed by atoms with E-state index in [0.29, 0.717) is 6.04 Å². The molecule has 0 aromatic carbocycles. The van der Waals surface area contributed by atoms with Crippen molar-refractivity contribution in [2.24, 2.45) is 0 Å². The summed E-state index contributed by atoms with van der Waals surface area (Å²) in [6.45, 7) is 3.96. The van der Waals surface area contributed by atoms with E-state index in [4.69, 9.17) is 0 Å². The molecule has 1 atom stereocenters. The average Bonchev–Trinajstić information content (AvgIpc) is 3.23. The van der Waals surface area contributed by atoms with Crippen molar-refractivity contribution in [3.05, 3.63) is 40.9 Å². The summed E-state index contributed by atoms with van der Waals surface area (Å²) in [7, 11) is 2.11. The van der Waals surface area contributed by atoms with Crippen molar-refractivity contribution in [1.82, 2.24) is 19.9 Å². The molecule has 0 spiro atoms. The molecule has 0 saturated carbocycles. The minimum atomic E-state index is 0.403. The number of aromatic nitrogens is 4. The maximum Gasteiger partial charge on any atom is 0.142 e. The van der Waals surface area contributed by atoms with E-state index in [1.165, 1.54) is 0 Å². The molecule has 1 aliphatic heterocycles. The maximum atomic E-state index is 4.59. The van der Waals surface area contributed by atoms with Crippen LogP contribution in [0.2, 0.25) is 0 Å². The minimum absolute atomic E-state index is 0.403. The van der Waals surface area contributed by atoms with Gasteiger partial charge in [0.15, 0.2) is 0 Å². The first-order valence-electron chi connectivity index (χ1n) is 8.01. The van der Waals surface area contributed by atoms with Crippen molar-refractivity contribution >= 4 is 38.6 Å². The van der Waals surface area contributed by atoms with Crippen molar-refractivity contribution in [3.63, 3.8) is 0 Å². The van der Waals surface area contributed by atoms with Gasteiger partial charge in [-0.3, -0.25) is 0 Å². The fraction of sp³-hybridized carbons (Fsp3) is 0.353. The number of halogens is 1. The van der Waals surface area contributed by atoms with Gasteiger partial charge in [0.1, 0.15) is 23.6 Å². The second kappa shape index (κ2) is 6.05. The van der Waals surface area contributed by atoms with Crippen molar-refractivity contribution in [2.75, 3.05) is 29.9 Å². The summed E-state index contributed by atoms with van der Waals surface area (Å²) in [6, 6.07) is 4.56. The van der Waals surface area contributed by atoms with Gasteiger partial charge in [-0.2, -0.15) is 0 Å². The Morgan fingerprint density at radius 3 is 3.04 bits per heavy atom. The summed E-state index contributed by atoms with van der Waals surface area (Å²) in [5.74, 6) is 2.00. The lowest BCUT2D eigenvalue weighted by Gasteiger charge is -2.27. The molecular weight excluding hydrogens is 368 g/mol. The summed E-state index contributed by atoms with van der Waals surface area (Å²) in [5.41, 5.74) is 2.04. The Balaban J connectivity index is 1.57. The Hall–Kier alpha value is -2.15. The number of rotatable bonds is 3. The van der Waals surface area contributed by atoms with Crippen molar-refractivity contribution in [3.8, 4) is 0 Å². The number of hydrogen-bond donors (Lipinski definition) is 1. The highest BCUT2D eigenvalue weighted by Crippen LogP contribution is 2.30. The van der Waals surface area contributed by atoms with E-state index in [-0.39, 0.29) is 0 Å². The highest BCUT2D eigenvalue weighted by Gasteiger charge is 2.29. The fourth-order valence-corrected chi connectivity index (χ4v) is 4.06. The third-order valence-electron chi connectivity index (χ3n) is 4.64. The van der Waals surface area contributed by atoms with Gasteiger partial charge >= 0.3 is 0 Å². The van der Waals surface area contributed by atoms with Gasteiger partial charge in [0, 0.05) is 38.6 Å². The number of hydrogen-bond acceptors (Lipinski definition) is 5. The fourth-order valence-electron chi connectivity index (χ4n) is 3.32. The standard InChI is InChI=1S/C17H19BrN6/c1-11-7-14(18)17(20-8-11)23(2)12-4-6-24(9-12)16-13-3-5-19-15(13)21-10-22-16/h3,5,7-8,10,12H,4,6,9H2,1-2H3,(H,19,21,22). The Labute approximate surface area is 149 Å². The molecule has 0 amide bonds. The van der Waals surface area contributed by atoms with Gasteiger partial charge in [-0.1, -0.05) is 0 Å². The molecule has 3 aromatic rings. The second-order valence-corrected chi connectivity index (χ2v) is 7.11. The number of nitrogens with zero attached hydrogens (tertiary/aromatic N) is 5. The van der Waals surface area contributed by atoms with E-state index < -0.39 is 0 Å². The number of aromatic amines is 1. The predicted octanol–water partition coefficient (Wildman–Crippen LogP) is 3.14. The average molecular weight is 387 g/mol. The van der Waals surface area contributed by atoms with Gasteiger partial charge in [-0.15, -0.1) is 0 Å². The molecular formula is C17H19BrN6. The number of pyridine rings is 1. The summed E-state index contributed by atoms with van der Waals surface area (Å²) in [4.78, 5) is 21.1. The zero-order chi connectivity index (χ0) is 16.7. The van der Waals surface area contributed by atoms with Gasteiger partial charge in [0.2, 0.25) is 0 Å². The maximum absolute atomic E-state index is 4.59. The number of H-pyrrole nitrogens is 1. The Bertz CT molecular complexity index is 876. The predicted molar refractivity (Wildman–Crippen MR) is 99.6 cm³/mol. The quantitative estimate of drug-likeness (QED) is 0.748. The molecule has 1 N–H and O–H groups in total. The van der Waals surface area contributed by atoms with Gasteiger partial charge in [0.25, 0.3) is 0 Å². The van der Waals surface area contributed by atoms with Crippen LogP contribution < -0.4 is 9.80 Å². The van der Waals surface area contributed by atoms with Crippen LogP contribution in [0.1, 0.15) is 12.0 Å². The summed E-state index contributed by atoms with van der Waals surface area (Å²) in [6.07, 6.45) is 6.53. The Morgan fingerprint density at radius 1 is 1.33 bits per heavy atom. The van der Waals surface area contributed by atoms with Crippen LogP contribution in [0, 0.1) is 6.92 Å². The molecule has 1 unspecified atom stereocenters. The van der Waals surface area contributed by atoms with Crippen LogP contribution >= 0.6 is 15.9 Å². The topological polar surface area (TPSA) is 60.9 Å². The Kier molecular flexibility index (Phi) is 3.88. The van der Waals surface area contributed by atoms with E-state index in [0.717, 1.165) is 52.2 Å². The van der Waals surface area contributed by atoms with Crippen LogP contribution in [0.15, 0.2) is 35.3 Å². The summed E-state index contributed by atoms with van der Waals surface area (Å²) < 4.78 is 1.04. The molecule has 3 aromatic heterocycles. The number of fused-ring (bicyclic) bond motifs is 1. The molecule has 0 aliphatic carbocycles. The van der Waals surface area contributed by atoms with E-state index in [2.05, 4.69) is 65.7 Å². The Morgan fingerprint density at radius 2 is 2.21 bits per heavy atom. The monoisotopic (exact) mass is 386 g/mol. The zero-order valence-corrected chi connectivity index (χ0v) is 15.3. The molecule has 7 heteroatoms. The van der Waals surface area contributed by atoms with E-state index in [1.807, 2.05) is 18.5 Å². The van der Waals surface area contributed by atoms with Crippen LogP contribution in [0.5, 0.6) is 0 Å². The number of aryl methyl sites for hydroxylation is 1. The molecule has 24 heavy (non-hydrogen) atoms. The van der Waals surface area contributed by atoms with Crippen LogP contribution in [0.3, 0.4) is 0 Å². The molecule has 1 aliphatic rings. The lowest BCUT2D eigenvalue weighted by molar-refractivity contribution is 0.682. The number of nitrogens with one attached hydrogen (secondary N) is 1. The first-order chi connectivity index (χ1) is 11.6. The third kappa shape index (κ3) is 2.62. The largest absolute Gasteiger partial charge is 0.354 e. The SMILES string of the molecule is Cc1cnc(N(C)C2CCN(c3ncnc4[nH]ccc34)C2)c(Br)c1. The third-order valence-corrected chi connectivity index (χ3v) is 5.22. The minimum Gasteiger partial charge on any atom is -0.354 e. The molecule has 4 rings (SSSR count). The van der Waals surface area contributed by atoms with Crippen molar-refractivity contribution in [1.29, 1.82) is 0 Å². The van der Waals surface area contributed by atoms with Gasteiger partial charge in [0.05, 0.1) is 9.86 Å². The molecule has 1 fully saturated rings. The molecule has 124 valence electrons. The van der Waals surface area contributed by atoms with E-state index >= 15 is 0 Å². The lowest BCUT2D eigenvalue weighted by Crippen LogP contribution is -2.35. The van der Waals surface area contributed by atoms with Crippen LogP contribution in [-0.2, 0) is 0 Å². The van der Waals surface area contributed by atoms with Gasteiger partial charge < -0.3 is 14.8 Å². The van der Waals surface area contributed by atoms with E-state index in [1.54, 1.807) is 6.33 Å². The van der Waals surface area contributed by atoms with Crippen molar-refractivity contribution in [2.45, 2.75) is 19.4 Å². The number of likely N-dealkylation sites (N-methyl/N-ethyl adjacent to an activating group) is 1. The normalized spacial score (nSPS) is 17.6. The molecule has 1 saturated heterocycles. The van der Waals surface area contributed by atoms with Crippen molar-refractivity contribution < 1.29 is 0 Å². The zero-order valence-electron chi connectivity index (χ0n) is 13.7. The molecule has 4 heterocycles.